The molecule has 2 aliphatic carbocycles. The summed E-state index contributed by atoms with van der Waals surface area (Å²) in [5.74, 6) is 2.47. The van der Waals surface area contributed by atoms with E-state index in [4.69, 9.17) is 4.42 Å². The highest BCUT2D eigenvalue weighted by Crippen LogP contribution is 2.63. The van der Waals surface area contributed by atoms with E-state index in [0.29, 0.717) is 11.3 Å². The zero-order valence-corrected chi connectivity index (χ0v) is 8.43. The predicted molar refractivity (Wildman–Crippen MR) is 49.9 cm³/mol. The predicted octanol–water partition coefficient (Wildman–Crippen LogP) is 2.24. The monoisotopic (exact) mass is 200 g/mol. The molecule has 2 unspecified atom stereocenters. The number of hydrogen-bond donors (Lipinski definition) is 0. The van der Waals surface area contributed by atoms with E-state index in [-0.39, 0.29) is 12.4 Å². The zero-order chi connectivity index (χ0) is 8.18. The smallest absolute Gasteiger partial charge is 0.222 e. The van der Waals surface area contributed by atoms with Gasteiger partial charge in [0.2, 0.25) is 11.8 Å². The van der Waals surface area contributed by atoms with Crippen LogP contribution in [0.25, 0.3) is 0 Å². The first kappa shape index (κ1) is 9.00. The molecule has 1 aromatic rings. The van der Waals surface area contributed by atoms with Crippen molar-refractivity contribution in [2.75, 3.05) is 0 Å². The molecule has 0 spiro atoms. The number of aromatic nitrogens is 2. The lowest BCUT2D eigenvalue weighted by atomic mass is 10.0. The molecule has 2 fully saturated rings. The number of aryl methyl sites for hydroxylation is 1. The highest BCUT2D eigenvalue weighted by atomic mass is 35.5. The summed E-state index contributed by atoms with van der Waals surface area (Å²) < 4.78 is 5.49. The average molecular weight is 201 g/mol. The van der Waals surface area contributed by atoms with E-state index in [1.54, 1.807) is 0 Å². The molecule has 0 saturated heterocycles. The van der Waals surface area contributed by atoms with E-state index in [1.165, 1.54) is 25.7 Å². The summed E-state index contributed by atoms with van der Waals surface area (Å²) in [4.78, 5) is 0. The largest absolute Gasteiger partial charge is 0.425 e. The van der Waals surface area contributed by atoms with E-state index in [0.717, 1.165) is 11.8 Å². The molecular formula is C9H13ClN2O. The van der Waals surface area contributed by atoms with Gasteiger partial charge in [0.25, 0.3) is 0 Å². The molecule has 2 aliphatic rings. The van der Waals surface area contributed by atoms with Gasteiger partial charge in [-0.25, -0.2) is 0 Å². The second kappa shape index (κ2) is 2.71. The second-order valence-corrected chi connectivity index (χ2v) is 4.08. The van der Waals surface area contributed by atoms with Crippen molar-refractivity contribution >= 4 is 12.4 Å². The molecule has 2 saturated carbocycles. The van der Waals surface area contributed by atoms with Crippen LogP contribution in [0.2, 0.25) is 0 Å². The minimum Gasteiger partial charge on any atom is -0.425 e. The number of halogens is 1. The first-order chi connectivity index (χ1) is 5.81. The summed E-state index contributed by atoms with van der Waals surface area (Å²) in [6, 6.07) is 0. The summed E-state index contributed by atoms with van der Waals surface area (Å²) in [6.07, 6.45) is 5.25. The van der Waals surface area contributed by atoms with Gasteiger partial charge in [0.05, 0.1) is 5.41 Å². The van der Waals surface area contributed by atoms with Crippen LogP contribution in [0, 0.1) is 12.8 Å². The molecule has 3 nitrogen and oxygen atoms in total. The standard InChI is InChI=1S/C9H12N2O.ClH/c1-6-10-11-8(12-6)9-4-2-3-7(9)5-9;/h7H,2-5H2,1H3;1H. The second-order valence-electron chi connectivity index (χ2n) is 4.08. The Balaban J connectivity index is 0.000000653. The summed E-state index contributed by atoms with van der Waals surface area (Å²) >= 11 is 0. The SMILES string of the molecule is Cc1nnc(C23CCCC2C3)o1.Cl. The Hall–Kier alpha value is -0.570. The molecule has 72 valence electrons. The fourth-order valence-corrected chi connectivity index (χ4v) is 2.60. The van der Waals surface area contributed by atoms with Gasteiger partial charge in [-0.15, -0.1) is 22.6 Å². The molecule has 4 heteroatoms. The van der Waals surface area contributed by atoms with Crippen LogP contribution >= 0.6 is 12.4 Å². The number of hydrogen-bond acceptors (Lipinski definition) is 3. The van der Waals surface area contributed by atoms with Gasteiger partial charge in [-0.1, -0.05) is 6.42 Å². The Labute approximate surface area is 83.3 Å². The molecule has 1 heterocycles. The van der Waals surface area contributed by atoms with Crippen molar-refractivity contribution in [2.24, 2.45) is 5.92 Å². The Bertz CT molecular complexity index is 325. The van der Waals surface area contributed by atoms with Gasteiger partial charge in [-0.05, 0) is 25.2 Å². The molecule has 0 N–H and O–H groups in total. The Kier molecular flexibility index (Phi) is 1.88. The first-order valence-corrected chi connectivity index (χ1v) is 4.62. The van der Waals surface area contributed by atoms with Crippen LogP contribution in [0.3, 0.4) is 0 Å². The van der Waals surface area contributed by atoms with Gasteiger partial charge in [0, 0.05) is 6.92 Å². The Morgan fingerprint density at radius 3 is 2.77 bits per heavy atom. The van der Waals surface area contributed by atoms with Crippen LogP contribution in [0.1, 0.15) is 37.5 Å². The lowest BCUT2D eigenvalue weighted by molar-refractivity contribution is 0.408. The third-order valence-corrected chi connectivity index (χ3v) is 3.36. The molecule has 2 atom stereocenters. The number of fused-ring (bicyclic) bond motifs is 1. The van der Waals surface area contributed by atoms with Crippen molar-refractivity contribution in [1.29, 1.82) is 0 Å². The van der Waals surface area contributed by atoms with Crippen molar-refractivity contribution in [3.8, 4) is 0 Å². The average Bonchev–Trinajstić information content (AvgIpc) is 2.50. The molecule has 3 rings (SSSR count). The van der Waals surface area contributed by atoms with Gasteiger partial charge in [-0.3, -0.25) is 0 Å². The van der Waals surface area contributed by atoms with Crippen molar-refractivity contribution in [3.05, 3.63) is 11.8 Å². The van der Waals surface area contributed by atoms with Gasteiger partial charge in [0.1, 0.15) is 0 Å². The summed E-state index contributed by atoms with van der Waals surface area (Å²) in [7, 11) is 0. The van der Waals surface area contributed by atoms with Crippen molar-refractivity contribution in [1.82, 2.24) is 10.2 Å². The van der Waals surface area contributed by atoms with Crippen LogP contribution in [0.15, 0.2) is 4.42 Å². The quantitative estimate of drug-likeness (QED) is 0.698. The maximum absolute atomic E-state index is 5.49. The summed E-state index contributed by atoms with van der Waals surface area (Å²) in [6.45, 7) is 1.86. The summed E-state index contributed by atoms with van der Waals surface area (Å²) in [5, 5.41) is 8.01. The number of nitrogens with zero attached hydrogens (tertiary/aromatic N) is 2. The van der Waals surface area contributed by atoms with Gasteiger partial charge < -0.3 is 4.42 Å². The third-order valence-electron chi connectivity index (χ3n) is 3.36. The molecule has 0 bridgehead atoms. The van der Waals surface area contributed by atoms with E-state index < -0.39 is 0 Å². The lowest BCUT2D eigenvalue weighted by Gasteiger charge is -2.03. The van der Waals surface area contributed by atoms with Crippen molar-refractivity contribution in [3.63, 3.8) is 0 Å². The third kappa shape index (κ3) is 1.10. The number of rotatable bonds is 1. The van der Waals surface area contributed by atoms with Crippen molar-refractivity contribution in [2.45, 2.75) is 38.0 Å². The molecule has 1 aromatic heterocycles. The highest BCUT2D eigenvalue weighted by Gasteiger charge is 2.61. The fourth-order valence-electron chi connectivity index (χ4n) is 2.60. The van der Waals surface area contributed by atoms with Crippen molar-refractivity contribution < 1.29 is 4.42 Å². The summed E-state index contributed by atoms with van der Waals surface area (Å²) in [5.41, 5.74) is 0.335. The van der Waals surface area contributed by atoms with Crippen LogP contribution < -0.4 is 0 Å². The zero-order valence-electron chi connectivity index (χ0n) is 7.62. The minimum atomic E-state index is 0. The maximum Gasteiger partial charge on any atom is 0.222 e. The Morgan fingerprint density at radius 2 is 2.31 bits per heavy atom. The fraction of sp³-hybridized carbons (Fsp3) is 0.778. The molecule has 0 aromatic carbocycles. The van der Waals surface area contributed by atoms with E-state index in [2.05, 4.69) is 10.2 Å². The molecule has 0 aliphatic heterocycles. The lowest BCUT2D eigenvalue weighted by Crippen LogP contribution is -2.05. The Morgan fingerprint density at radius 1 is 1.46 bits per heavy atom. The maximum atomic E-state index is 5.49. The van der Waals surface area contributed by atoms with Crippen LogP contribution in [0.5, 0.6) is 0 Å². The van der Waals surface area contributed by atoms with Gasteiger partial charge >= 0.3 is 0 Å². The first-order valence-electron chi connectivity index (χ1n) is 4.62. The topological polar surface area (TPSA) is 38.9 Å². The molecule has 0 radical (unpaired) electrons. The normalized spacial score (nSPS) is 35.3. The minimum absolute atomic E-state index is 0. The van der Waals surface area contributed by atoms with Gasteiger partial charge in [-0.2, -0.15) is 0 Å². The van der Waals surface area contributed by atoms with E-state index in [9.17, 15) is 0 Å². The van der Waals surface area contributed by atoms with E-state index in [1.807, 2.05) is 6.92 Å². The van der Waals surface area contributed by atoms with Crippen LogP contribution in [0.4, 0.5) is 0 Å². The molecule has 13 heavy (non-hydrogen) atoms. The van der Waals surface area contributed by atoms with Crippen LogP contribution in [-0.4, -0.2) is 10.2 Å². The molecule has 0 amide bonds. The van der Waals surface area contributed by atoms with Crippen LogP contribution in [-0.2, 0) is 5.41 Å². The molecular weight excluding hydrogens is 188 g/mol. The van der Waals surface area contributed by atoms with E-state index >= 15 is 0 Å². The highest BCUT2D eigenvalue weighted by molar-refractivity contribution is 5.85. The van der Waals surface area contributed by atoms with Gasteiger partial charge in [0.15, 0.2) is 0 Å².